The zero-order chi connectivity index (χ0) is 19.9. The Labute approximate surface area is 166 Å². The molecule has 0 aliphatic carbocycles. The van der Waals surface area contributed by atoms with Crippen molar-refractivity contribution in [3.8, 4) is 0 Å². The van der Waals surface area contributed by atoms with Crippen LogP contribution >= 0.6 is 0 Å². The number of rotatable bonds is 5. The lowest BCUT2D eigenvalue weighted by Gasteiger charge is -2.21. The highest BCUT2D eigenvalue weighted by atomic mass is 16.5. The molecule has 28 heavy (non-hydrogen) atoms. The van der Waals surface area contributed by atoms with Gasteiger partial charge in [0.2, 0.25) is 11.8 Å². The van der Waals surface area contributed by atoms with Crippen LogP contribution in [-0.4, -0.2) is 50.4 Å². The number of carbonyl (C=O) groups excluding carboxylic acids is 1. The summed E-state index contributed by atoms with van der Waals surface area (Å²) in [6.07, 6.45) is 7.35. The topological polar surface area (TPSA) is 89.1 Å². The van der Waals surface area contributed by atoms with E-state index in [1.807, 2.05) is 10.9 Å². The fourth-order valence-corrected chi connectivity index (χ4v) is 3.52. The summed E-state index contributed by atoms with van der Waals surface area (Å²) in [4.78, 5) is 19.1. The van der Waals surface area contributed by atoms with E-state index < -0.39 is 0 Å². The Morgan fingerprint density at radius 2 is 2.18 bits per heavy atom. The molecule has 0 saturated carbocycles. The maximum absolute atomic E-state index is 12.2. The van der Waals surface area contributed by atoms with Crippen molar-refractivity contribution in [1.29, 1.82) is 0 Å². The van der Waals surface area contributed by atoms with Crippen molar-refractivity contribution >= 4 is 5.91 Å². The molecule has 1 aliphatic heterocycles. The van der Waals surface area contributed by atoms with Gasteiger partial charge in [-0.25, -0.2) is 0 Å². The summed E-state index contributed by atoms with van der Waals surface area (Å²) in [6.45, 7) is 10.2. The molecule has 2 aromatic rings. The lowest BCUT2D eigenvalue weighted by atomic mass is 9.99. The standard InChI is InChI=1S/C20H32N6O2/c1-4-26-14-16(12-22-26)13-25-10-5-6-17(7-9-21-18(27)8-11-25)20-23-19(15(2)3)24-28-20/h12,14-15,17H,4-11,13H2,1-3H3,(H,21,27). The number of amides is 1. The van der Waals surface area contributed by atoms with Gasteiger partial charge < -0.3 is 9.84 Å². The third-order valence-corrected chi connectivity index (χ3v) is 5.24. The van der Waals surface area contributed by atoms with E-state index in [1.165, 1.54) is 5.56 Å². The fraction of sp³-hybridized carbons (Fsp3) is 0.700. The van der Waals surface area contributed by atoms with Gasteiger partial charge in [-0.2, -0.15) is 10.1 Å². The number of carbonyl (C=O) groups is 1. The fourth-order valence-electron chi connectivity index (χ4n) is 3.52. The molecule has 1 unspecified atom stereocenters. The van der Waals surface area contributed by atoms with E-state index in [4.69, 9.17) is 4.52 Å². The van der Waals surface area contributed by atoms with Crippen LogP contribution < -0.4 is 5.32 Å². The predicted octanol–water partition coefficient (Wildman–Crippen LogP) is 2.69. The molecule has 1 amide bonds. The lowest BCUT2D eigenvalue weighted by molar-refractivity contribution is -0.121. The van der Waals surface area contributed by atoms with Crippen molar-refractivity contribution in [2.75, 3.05) is 19.6 Å². The summed E-state index contributed by atoms with van der Waals surface area (Å²) in [5.41, 5.74) is 1.19. The van der Waals surface area contributed by atoms with Gasteiger partial charge in [-0.3, -0.25) is 14.4 Å². The highest BCUT2D eigenvalue weighted by molar-refractivity contribution is 5.76. The first-order valence-electron chi connectivity index (χ1n) is 10.4. The molecule has 1 fully saturated rings. The van der Waals surface area contributed by atoms with Crippen LogP contribution in [-0.2, 0) is 17.9 Å². The Kier molecular flexibility index (Phi) is 7.19. The van der Waals surface area contributed by atoms with Crippen molar-refractivity contribution in [2.45, 2.75) is 71.4 Å². The van der Waals surface area contributed by atoms with E-state index in [-0.39, 0.29) is 17.7 Å². The van der Waals surface area contributed by atoms with Gasteiger partial charge in [0, 0.05) is 56.2 Å². The molecule has 0 radical (unpaired) electrons. The zero-order valence-corrected chi connectivity index (χ0v) is 17.2. The van der Waals surface area contributed by atoms with Crippen LogP contribution in [0.1, 0.15) is 75.6 Å². The minimum Gasteiger partial charge on any atom is -0.356 e. The van der Waals surface area contributed by atoms with Gasteiger partial charge in [0.1, 0.15) is 0 Å². The summed E-state index contributed by atoms with van der Waals surface area (Å²) in [6, 6.07) is 0. The average molecular weight is 389 g/mol. The average Bonchev–Trinajstić information content (AvgIpc) is 3.33. The lowest BCUT2D eigenvalue weighted by Crippen LogP contribution is -2.31. The van der Waals surface area contributed by atoms with E-state index >= 15 is 0 Å². The van der Waals surface area contributed by atoms with Crippen molar-refractivity contribution < 1.29 is 9.32 Å². The summed E-state index contributed by atoms with van der Waals surface area (Å²) in [5.74, 6) is 1.99. The third-order valence-electron chi connectivity index (χ3n) is 5.24. The molecule has 0 spiro atoms. The quantitative estimate of drug-likeness (QED) is 0.847. The Morgan fingerprint density at radius 3 is 2.89 bits per heavy atom. The summed E-state index contributed by atoms with van der Waals surface area (Å²) in [7, 11) is 0. The largest absolute Gasteiger partial charge is 0.356 e. The van der Waals surface area contributed by atoms with Crippen molar-refractivity contribution in [2.24, 2.45) is 0 Å². The first kappa shape index (κ1) is 20.5. The SMILES string of the molecule is CCn1cc(CN2CCCC(c3nc(C(C)C)no3)CCNC(=O)CC2)cn1. The Hall–Kier alpha value is -2.22. The monoisotopic (exact) mass is 388 g/mol. The molecule has 8 heteroatoms. The first-order chi connectivity index (χ1) is 13.5. The molecule has 154 valence electrons. The molecule has 0 aromatic carbocycles. The van der Waals surface area contributed by atoms with Crippen LogP contribution in [0.2, 0.25) is 0 Å². The summed E-state index contributed by atoms with van der Waals surface area (Å²) in [5, 5.41) is 11.5. The maximum Gasteiger partial charge on any atom is 0.229 e. The predicted molar refractivity (Wildman–Crippen MR) is 106 cm³/mol. The molecule has 2 aromatic heterocycles. The van der Waals surface area contributed by atoms with E-state index in [1.54, 1.807) is 0 Å². The molecular weight excluding hydrogens is 356 g/mol. The highest BCUT2D eigenvalue weighted by Gasteiger charge is 2.22. The summed E-state index contributed by atoms with van der Waals surface area (Å²) >= 11 is 0. The van der Waals surface area contributed by atoms with Crippen molar-refractivity contribution in [3.05, 3.63) is 29.7 Å². The minimum atomic E-state index is 0.100. The number of hydrogen-bond donors (Lipinski definition) is 1. The van der Waals surface area contributed by atoms with Gasteiger partial charge in [-0.1, -0.05) is 19.0 Å². The number of nitrogens with zero attached hydrogens (tertiary/aromatic N) is 5. The van der Waals surface area contributed by atoms with Crippen LogP contribution in [0.15, 0.2) is 16.9 Å². The second kappa shape index (κ2) is 9.82. The van der Waals surface area contributed by atoms with Gasteiger partial charge in [0.25, 0.3) is 0 Å². The zero-order valence-electron chi connectivity index (χ0n) is 17.2. The van der Waals surface area contributed by atoms with E-state index in [0.29, 0.717) is 18.9 Å². The van der Waals surface area contributed by atoms with Crippen molar-refractivity contribution in [3.63, 3.8) is 0 Å². The molecule has 3 rings (SSSR count). The summed E-state index contributed by atoms with van der Waals surface area (Å²) < 4.78 is 7.47. The normalized spacial score (nSPS) is 20.1. The molecule has 3 heterocycles. The van der Waals surface area contributed by atoms with Gasteiger partial charge in [-0.15, -0.1) is 0 Å². The van der Waals surface area contributed by atoms with Crippen LogP contribution in [0, 0.1) is 0 Å². The van der Waals surface area contributed by atoms with E-state index in [0.717, 1.165) is 51.3 Å². The molecule has 0 bridgehead atoms. The second-order valence-corrected chi connectivity index (χ2v) is 7.85. The van der Waals surface area contributed by atoms with Crippen LogP contribution in [0.3, 0.4) is 0 Å². The van der Waals surface area contributed by atoms with Gasteiger partial charge in [-0.05, 0) is 32.7 Å². The highest BCUT2D eigenvalue weighted by Crippen LogP contribution is 2.25. The van der Waals surface area contributed by atoms with E-state index in [9.17, 15) is 4.79 Å². The Balaban J connectivity index is 1.65. The smallest absolute Gasteiger partial charge is 0.229 e. The number of hydrogen-bond acceptors (Lipinski definition) is 6. The maximum atomic E-state index is 12.2. The number of aromatic nitrogens is 4. The Bertz CT molecular complexity index is 753. The molecule has 1 atom stereocenters. The van der Waals surface area contributed by atoms with Gasteiger partial charge in [0.05, 0.1) is 6.20 Å². The first-order valence-corrected chi connectivity index (χ1v) is 10.4. The molecule has 1 N–H and O–H groups in total. The van der Waals surface area contributed by atoms with Crippen molar-refractivity contribution in [1.82, 2.24) is 30.1 Å². The number of nitrogens with one attached hydrogen (secondary N) is 1. The van der Waals surface area contributed by atoms with Gasteiger partial charge in [0.15, 0.2) is 5.82 Å². The minimum absolute atomic E-state index is 0.100. The Morgan fingerprint density at radius 1 is 1.32 bits per heavy atom. The van der Waals surface area contributed by atoms with Crippen LogP contribution in [0.5, 0.6) is 0 Å². The molecule has 1 aliphatic rings. The molecular formula is C20H32N6O2. The van der Waals surface area contributed by atoms with Gasteiger partial charge >= 0.3 is 0 Å². The third kappa shape index (κ3) is 5.64. The van der Waals surface area contributed by atoms with Crippen LogP contribution in [0.4, 0.5) is 0 Å². The molecule has 1 saturated heterocycles. The number of aryl methyl sites for hydroxylation is 1. The second-order valence-electron chi connectivity index (χ2n) is 7.85. The van der Waals surface area contributed by atoms with E-state index in [2.05, 4.69) is 52.4 Å². The molecule has 8 nitrogen and oxygen atoms in total. The van der Waals surface area contributed by atoms with Crippen LogP contribution in [0.25, 0.3) is 0 Å².